The molecule has 0 radical (unpaired) electrons. The Morgan fingerprint density at radius 2 is 1.64 bits per heavy atom. The lowest BCUT2D eigenvalue weighted by molar-refractivity contribution is 0.474. The molecule has 0 aromatic heterocycles. The van der Waals surface area contributed by atoms with Crippen LogP contribution in [0, 0.1) is 0 Å². The van der Waals surface area contributed by atoms with E-state index in [1.54, 1.807) is 0 Å². The van der Waals surface area contributed by atoms with Gasteiger partial charge in [0.05, 0.1) is 0 Å². The zero-order chi connectivity index (χ0) is 8.74. The minimum atomic E-state index is 0.456. The van der Waals surface area contributed by atoms with Gasteiger partial charge in [-0.3, -0.25) is 0 Å². The molecule has 0 rings (SSSR count). The molecular formula is C10H21Br. The number of unbranched alkanes of at least 4 members (excludes halogenated alkanes) is 1. The first-order valence-corrected chi connectivity index (χ1v) is 5.66. The molecule has 0 heterocycles. The van der Waals surface area contributed by atoms with Crippen molar-refractivity contribution in [1.29, 1.82) is 0 Å². The highest BCUT2D eigenvalue weighted by Crippen LogP contribution is 2.33. The van der Waals surface area contributed by atoms with Gasteiger partial charge in [-0.15, -0.1) is 0 Å². The third kappa shape index (κ3) is 4.84. The second-order valence-corrected chi connectivity index (χ2v) is 5.04. The van der Waals surface area contributed by atoms with Crippen LogP contribution in [0.25, 0.3) is 0 Å². The van der Waals surface area contributed by atoms with E-state index in [-0.39, 0.29) is 0 Å². The van der Waals surface area contributed by atoms with Crippen LogP contribution in [0.5, 0.6) is 0 Å². The molecule has 0 nitrogen and oxygen atoms in total. The molecule has 1 atom stereocenters. The average molecular weight is 221 g/mol. The summed E-state index contributed by atoms with van der Waals surface area (Å²) in [6.45, 7) is 6.80. The van der Waals surface area contributed by atoms with Gasteiger partial charge >= 0.3 is 0 Å². The van der Waals surface area contributed by atoms with Crippen molar-refractivity contribution in [3.63, 3.8) is 0 Å². The lowest BCUT2D eigenvalue weighted by Gasteiger charge is -2.25. The summed E-state index contributed by atoms with van der Waals surface area (Å²) in [6.07, 6.45) is 7.90. The Bertz CT molecular complexity index is 90.9. The highest BCUT2D eigenvalue weighted by Gasteiger charge is 2.21. The summed E-state index contributed by atoms with van der Waals surface area (Å²) in [5.41, 5.74) is 0. The van der Waals surface area contributed by atoms with E-state index in [2.05, 4.69) is 36.7 Å². The molecule has 0 saturated heterocycles. The van der Waals surface area contributed by atoms with Crippen LogP contribution in [0.3, 0.4) is 0 Å². The maximum Gasteiger partial charge on any atom is 0.0255 e. The molecule has 0 aromatic rings. The minimum Gasteiger partial charge on any atom is -0.0853 e. The summed E-state index contributed by atoms with van der Waals surface area (Å²) < 4.78 is 0.456. The van der Waals surface area contributed by atoms with Crippen LogP contribution in [-0.2, 0) is 0 Å². The summed E-state index contributed by atoms with van der Waals surface area (Å²) in [7, 11) is 0. The highest BCUT2D eigenvalue weighted by molar-refractivity contribution is 9.10. The van der Waals surface area contributed by atoms with Gasteiger partial charge in [-0.1, -0.05) is 56.0 Å². The van der Waals surface area contributed by atoms with Crippen LogP contribution in [0.1, 0.15) is 59.3 Å². The van der Waals surface area contributed by atoms with Crippen LogP contribution in [0.4, 0.5) is 0 Å². The fourth-order valence-electron chi connectivity index (χ4n) is 1.42. The zero-order valence-electron chi connectivity index (χ0n) is 8.12. The quantitative estimate of drug-likeness (QED) is 0.578. The molecule has 0 N–H and O–H groups in total. The SMILES string of the molecule is CCCCC(Br)(CC)CCC. The van der Waals surface area contributed by atoms with E-state index in [9.17, 15) is 0 Å². The highest BCUT2D eigenvalue weighted by atomic mass is 79.9. The zero-order valence-corrected chi connectivity index (χ0v) is 9.71. The van der Waals surface area contributed by atoms with E-state index in [4.69, 9.17) is 0 Å². The minimum absolute atomic E-state index is 0.456. The largest absolute Gasteiger partial charge is 0.0853 e. The first-order valence-electron chi connectivity index (χ1n) is 4.87. The summed E-state index contributed by atoms with van der Waals surface area (Å²) in [4.78, 5) is 0. The van der Waals surface area contributed by atoms with Crippen molar-refractivity contribution in [2.75, 3.05) is 0 Å². The molecule has 0 aromatic carbocycles. The van der Waals surface area contributed by atoms with Gasteiger partial charge in [0, 0.05) is 4.32 Å². The van der Waals surface area contributed by atoms with Gasteiger partial charge in [-0.2, -0.15) is 0 Å². The predicted octanol–water partition coefficient (Wildman–Crippen LogP) is 4.52. The molecule has 1 heteroatoms. The molecule has 0 amide bonds. The molecule has 0 fully saturated rings. The van der Waals surface area contributed by atoms with Gasteiger partial charge in [0.15, 0.2) is 0 Å². The van der Waals surface area contributed by atoms with Crippen LogP contribution in [0.15, 0.2) is 0 Å². The first kappa shape index (κ1) is 11.5. The number of alkyl halides is 1. The van der Waals surface area contributed by atoms with Crippen molar-refractivity contribution >= 4 is 15.9 Å². The summed E-state index contributed by atoms with van der Waals surface area (Å²) in [5.74, 6) is 0. The summed E-state index contributed by atoms with van der Waals surface area (Å²) in [5, 5.41) is 0. The molecule has 0 aliphatic rings. The fraction of sp³-hybridized carbons (Fsp3) is 1.00. The van der Waals surface area contributed by atoms with E-state index in [1.165, 1.54) is 38.5 Å². The number of rotatable bonds is 6. The lowest BCUT2D eigenvalue weighted by Crippen LogP contribution is -2.18. The second-order valence-electron chi connectivity index (χ2n) is 3.36. The van der Waals surface area contributed by atoms with Crippen molar-refractivity contribution in [3.8, 4) is 0 Å². The normalized spacial score (nSPS) is 16.4. The smallest absolute Gasteiger partial charge is 0.0255 e. The Hall–Kier alpha value is 0.480. The van der Waals surface area contributed by atoms with Crippen LogP contribution < -0.4 is 0 Å². The third-order valence-corrected chi connectivity index (χ3v) is 3.66. The monoisotopic (exact) mass is 220 g/mol. The van der Waals surface area contributed by atoms with Crippen molar-refractivity contribution in [1.82, 2.24) is 0 Å². The molecule has 1 unspecified atom stereocenters. The number of hydrogen-bond donors (Lipinski definition) is 0. The maximum absolute atomic E-state index is 3.85. The molecule has 0 aliphatic heterocycles. The van der Waals surface area contributed by atoms with Gasteiger partial charge in [-0.25, -0.2) is 0 Å². The molecule has 11 heavy (non-hydrogen) atoms. The van der Waals surface area contributed by atoms with E-state index in [1.807, 2.05) is 0 Å². The van der Waals surface area contributed by atoms with Gasteiger partial charge in [0.2, 0.25) is 0 Å². The topological polar surface area (TPSA) is 0 Å². The summed E-state index contributed by atoms with van der Waals surface area (Å²) >= 11 is 3.85. The Kier molecular flexibility index (Phi) is 6.31. The van der Waals surface area contributed by atoms with E-state index < -0.39 is 0 Å². The average Bonchev–Trinajstić information content (AvgIpc) is 2.02. The third-order valence-electron chi connectivity index (χ3n) is 2.31. The molecule has 0 bridgehead atoms. The summed E-state index contributed by atoms with van der Waals surface area (Å²) in [6, 6.07) is 0. The Labute approximate surface area is 79.9 Å². The Morgan fingerprint density at radius 1 is 1.00 bits per heavy atom. The van der Waals surface area contributed by atoms with Crippen molar-refractivity contribution in [2.45, 2.75) is 63.6 Å². The van der Waals surface area contributed by atoms with Crippen molar-refractivity contribution < 1.29 is 0 Å². The number of hydrogen-bond acceptors (Lipinski definition) is 0. The van der Waals surface area contributed by atoms with E-state index >= 15 is 0 Å². The molecule has 0 spiro atoms. The maximum atomic E-state index is 3.85. The van der Waals surface area contributed by atoms with Crippen LogP contribution in [0.2, 0.25) is 0 Å². The van der Waals surface area contributed by atoms with Crippen LogP contribution in [-0.4, -0.2) is 4.32 Å². The van der Waals surface area contributed by atoms with Crippen molar-refractivity contribution in [3.05, 3.63) is 0 Å². The number of halogens is 1. The van der Waals surface area contributed by atoms with Gasteiger partial charge in [0.1, 0.15) is 0 Å². The fourth-order valence-corrected chi connectivity index (χ4v) is 2.10. The predicted molar refractivity (Wildman–Crippen MR) is 56.4 cm³/mol. The molecular weight excluding hydrogens is 200 g/mol. The molecule has 0 aliphatic carbocycles. The first-order chi connectivity index (χ1) is 5.18. The van der Waals surface area contributed by atoms with Crippen LogP contribution >= 0.6 is 15.9 Å². The van der Waals surface area contributed by atoms with Crippen molar-refractivity contribution in [2.24, 2.45) is 0 Å². The van der Waals surface area contributed by atoms with Gasteiger partial charge in [0.25, 0.3) is 0 Å². The van der Waals surface area contributed by atoms with Gasteiger partial charge in [-0.05, 0) is 19.3 Å². The molecule has 68 valence electrons. The second kappa shape index (κ2) is 6.05. The Morgan fingerprint density at radius 3 is 2.00 bits per heavy atom. The van der Waals surface area contributed by atoms with Gasteiger partial charge < -0.3 is 0 Å². The molecule has 0 saturated carbocycles. The van der Waals surface area contributed by atoms with E-state index in [0.29, 0.717) is 4.32 Å². The van der Waals surface area contributed by atoms with E-state index in [0.717, 1.165) is 0 Å². The lowest BCUT2D eigenvalue weighted by atomic mass is 9.94. The standard InChI is InChI=1S/C10H21Br/c1-4-7-9-10(11,6-3)8-5-2/h4-9H2,1-3H3. The Balaban J connectivity index is 3.68.